The van der Waals surface area contributed by atoms with Crippen molar-refractivity contribution < 1.29 is 4.79 Å². The molecule has 0 bridgehead atoms. The molecule has 1 aromatic carbocycles. The number of piperazine rings is 1. The van der Waals surface area contributed by atoms with Crippen LogP contribution in [0, 0.1) is 0 Å². The number of amides is 1. The van der Waals surface area contributed by atoms with Crippen LogP contribution in [0.15, 0.2) is 30.3 Å². The van der Waals surface area contributed by atoms with E-state index >= 15 is 0 Å². The van der Waals surface area contributed by atoms with Crippen molar-refractivity contribution in [2.45, 2.75) is 45.1 Å². The fourth-order valence-corrected chi connectivity index (χ4v) is 3.37. The first kappa shape index (κ1) is 19.7. The summed E-state index contributed by atoms with van der Waals surface area (Å²) in [6.45, 7) is 10.1. The molecule has 140 valence electrons. The van der Waals surface area contributed by atoms with Crippen LogP contribution >= 0.6 is 0 Å². The summed E-state index contributed by atoms with van der Waals surface area (Å²) in [4.78, 5) is 17.0. The van der Waals surface area contributed by atoms with Gasteiger partial charge in [-0.1, -0.05) is 31.5 Å². The average Bonchev–Trinajstić information content (AvgIpc) is 2.62. The third-order valence-electron chi connectivity index (χ3n) is 4.97. The Bertz CT molecular complexity index is 510. The summed E-state index contributed by atoms with van der Waals surface area (Å²) in [5.74, 6) is -0.0224. The molecule has 1 amide bonds. The zero-order valence-corrected chi connectivity index (χ0v) is 15.8. The molecule has 0 aliphatic carbocycles. The highest BCUT2D eigenvalue weighted by atomic mass is 16.2. The minimum Gasteiger partial charge on any atom is -0.369 e. The normalized spacial score (nSPS) is 18.0. The number of nitrogens with zero attached hydrogens (tertiary/aromatic N) is 2. The van der Waals surface area contributed by atoms with E-state index in [1.54, 1.807) is 0 Å². The molecule has 1 heterocycles. The van der Waals surface area contributed by atoms with Crippen LogP contribution in [0.25, 0.3) is 0 Å². The number of nitrogens with one attached hydrogen (secondary N) is 1. The van der Waals surface area contributed by atoms with Gasteiger partial charge in [0.15, 0.2) is 0 Å². The first-order valence-corrected chi connectivity index (χ1v) is 9.62. The van der Waals surface area contributed by atoms with Crippen molar-refractivity contribution in [3.63, 3.8) is 0 Å². The molecule has 1 aliphatic rings. The second kappa shape index (κ2) is 9.78. The second-order valence-corrected chi connectivity index (χ2v) is 7.29. The number of nitrogens with two attached hydrogens (primary N) is 1. The van der Waals surface area contributed by atoms with E-state index in [-0.39, 0.29) is 5.91 Å². The van der Waals surface area contributed by atoms with Crippen molar-refractivity contribution >= 4 is 11.6 Å². The van der Waals surface area contributed by atoms with Crippen molar-refractivity contribution in [1.82, 2.24) is 10.2 Å². The third kappa shape index (κ3) is 6.33. The Kier molecular flexibility index (Phi) is 7.72. The first-order chi connectivity index (χ1) is 12.0. The zero-order valence-electron chi connectivity index (χ0n) is 15.8. The smallest absolute Gasteiger partial charge is 0.239 e. The standard InChI is InChI=1S/C20H34N4O/c1-3-11-20(2,21)19(25)22-12-7-8-13-23-14-16-24(17-15-23)18-9-5-4-6-10-18/h4-6,9-10H,3,7-8,11-17,21H2,1-2H3,(H,22,25). The highest BCUT2D eigenvalue weighted by Crippen LogP contribution is 2.15. The number of para-hydroxylation sites is 1. The van der Waals surface area contributed by atoms with Gasteiger partial charge >= 0.3 is 0 Å². The molecule has 5 nitrogen and oxygen atoms in total. The van der Waals surface area contributed by atoms with Crippen LogP contribution < -0.4 is 16.0 Å². The Labute approximate surface area is 152 Å². The summed E-state index contributed by atoms with van der Waals surface area (Å²) in [6.07, 6.45) is 3.77. The third-order valence-corrected chi connectivity index (χ3v) is 4.97. The van der Waals surface area contributed by atoms with E-state index < -0.39 is 5.54 Å². The molecule has 1 unspecified atom stereocenters. The molecule has 5 heteroatoms. The minimum absolute atomic E-state index is 0.0224. The maximum atomic E-state index is 12.0. The lowest BCUT2D eigenvalue weighted by Crippen LogP contribution is -2.51. The SMILES string of the molecule is CCCC(C)(N)C(=O)NCCCCN1CCN(c2ccccc2)CC1. The van der Waals surface area contributed by atoms with Crippen molar-refractivity contribution in [3.8, 4) is 0 Å². The summed E-state index contributed by atoms with van der Waals surface area (Å²) >= 11 is 0. The number of benzene rings is 1. The topological polar surface area (TPSA) is 61.6 Å². The molecular formula is C20H34N4O. The Morgan fingerprint density at radius 1 is 1.16 bits per heavy atom. The quantitative estimate of drug-likeness (QED) is 0.673. The molecule has 1 saturated heterocycles. The van der Waals surface area contributed by atoms with Crippen LogP contribution in [0.4, 0.5) is 5.69 Å². The van der Waals surface area contributed by atoms with Gasteiger partial charge in [0.25, 0.3) is 0 Å². The number of hydrogen-bond acceptors (Lipinski definition) is 4. The Balaban J connectivity index is 1.57. The highest BCUT2D eigenvalue weighted by molar-refractivity contribution is 5.85. The lowest BCUT2D eigenvalue weighted by Gasteiger charge is -2.36. The number of rotatable bonds is 9. The number of unbranched alkanes of at least 4 members (excludes halogenated alkanes) is 1. The summed E-state index contributed by atoms with van der Waals surface area (Å²) in [5.41, 5.74) is 6.63. The second-order valence-electron chi connectivity index (χ2n) is 7.29. The highest BCUT2D eigenvalue weighted by Gasteiger charge is 2.26. The van der Waals surface area contributed by atoms with Crippen LogP contribution in [-0.4, -0.2) is 55.6 Å². The lowest BCUT2D eigenvalue weighted by atomic mass is 9.96. The maximum absolute atomic E-state index is 12.0. The van der Waals surface area contributed by atoms with E-state index in [0.29, 0.717) is 0 Å². The predicted octanol–water partition coefficient (Wildman–Crippen LogP) is 2.22. The number of carbonyl (C=O) groups excluding carboxylic acids is 1. The molecule has 1 atom stereocenters. The van der Waals surface area contributed by atoms with Crippen molar-refractivity contribution in [1.29, 1.82) is 0 Å². The fraction of sp³-hybridized carbons (Fsp3) is 0.650. The molecule has 1 aromatic rings. The van der Waals surface area contributed by atoms with Gasteiger partial charge < -0.3 is 16.0 Å². The van der Waals surface area contributed by atoms with Crippen LogP contribution in [-0.2, 0) is 4.79 Å². The fourth-order valence-electron chi connectivity index (χ4n) is 3.37. The molecule has 0 aromatic heterocycles. The predicted molar refractivity (Wildman–Crippen MR) is 105 cm³/mol. The zero-order chi connectivity index (χ0) is 18.1. The van der Waals surface area contributed by atoms with Gasteiger partial charge in [-0.05, 0) is 44.9 Å². The van der Waals surface area contributed by atoms with E-state index in [0.717, 1.165) is 65.0 Å². The van der Waals surface area contributed by atoms with E-state index in [2.05, 4.69) is 52.4 Å². The van der Waals surface area contributed by atoms with E-state index in [1.807, 2.05) is 6.92 Å². The van der Waals surface area contributed by atoms with Crippen molar-refractivity contribution in [3.05, 3.63) is 30.3 Å². The van der Waals surface area contributed by atoms with Crippen LogP contribution in [0.1, 0.15) is 39.5 Å². The summed E-state index contributed by atoms with van der Waals surface area (Å²) in [7, 11) is 0. The summed E-state index contributed by atoms with van der Waals surface area (Å²) in [5, 5.41) is 2.98. The summed E-state index contributed by atoms with van der Waals surface area (Å²) in [6, 6.07) is 10.6. The Morgan fingerprint density at radius 3 is 2.48 bits per heavy atom. The molecule has 1 aliphatic heterocycles. The largest absolute Gasteiger partial charge is 0.369 e. The van der Waals surface area contributed by atoms with Gasteiger partial charge in [-0.3, -0.25) is 9.69 Å². The van der Waals surface area contributed by atoms with E-state index in [4.69, 9.17) is 5.73 Å². The van der Waals surface area contributed by atoms with Crippen LogP contribution in [0.2, 0.25) is 0 Å². The maximum Gasteiger partial charge on any atom is 0.239 e. The molecule has 0 spiro atoms. The van der Waals surface area contributed by atoms with Crippen LogP contribution in [0.3, 0.4) is 0 Å². The molecule has 1 fully saturated rings. The average molecular weight is 347 g/mol. The monoisotopic (exact) mass is 346 g/mol. The van der Waals surface area contributed by atoms with Gasteiger partial charge in [0.2, 0.25) is 5.91 Å². The number of carbonyl (C=O) groups is 1. The molecular weight excluding hydrogens is 312 g/mol. The van der Waals surface area contributed by atoms with Gasteiger partial charge in [0, 0.05) is 38.4 Å². The van der Waals surface area contributed by atoms with Gasteiger partial charge in [0.05, 0.1) is 5.54 Å². The van der Waals surface area contributed by atoms with Crippen LogP contribution in [0.5, 0.6) is 0 Å². The van der Waals surface area contributed by atoms with Gasteiger partial charge in [-0.2, -0.15) is 0 Å². The van der Waals surface area contributed by atoms with Crippen molar-refractivity contribution in [2.75, 3.05) is 44.2 Å². The minimum atomic E-state index is -0.734. The Hall–Kier alpha value is -1.59. The van der Waals surface area contributed by atoms with Gasteiger partial charge in [0.1, 0.15) is 0 Å². The molecule has 0 radical (unpaired) electrons. The lowest BCUT2D eigenvalue weighted by molar-refractivity contribution is -0.126. The molecule has 0 saturated carbocycles. The summed E-state index contributed by atoms with van der Waals surface area (Å²) < 4.78 is 0. The van der Waals surface area contributed by atoms with E-state index in [9.17, 15) is 4.79 Å². The van der Waals surface area contributed by atoms with E-state index in [1.165, 1.54) is 5.69 Å². The first-order valence-electron chi connectivity index (χ1n) is 9.62. The molecule has 3 N–H and O–H groups in total. The van der Waals surface area contributed by atoms with Gasteiger partial charge in [-0.15, -0.1) is 0 Å². The Morgan fingerprint density at radius 2 is 1.84 bits per heavy atom. The molecule has 2 rings (SSSR count). The number of hydrogen-bond donors (Lipinski definition) is 2. The number of anilines is 1. The van der Waals surface area contributed by atoms with Gasteiger partial charge in [-0.25, -0.2) is 0 Å². The molecule has 25 heavy (non-hydrogen) atoms. The van der Waals surface area contributed by atoms with Crippen molar-refractivity contribution in [2.24, 2.45) is 5.73 Å².